The highest BCUT2D eigenvalue weighted by Crippen LogP contribution is 2.33. The summed E-state index contributed by atoms with van der Waals surface area (Å²) in [6.07, 6.45) is 0. The maximum Gasteiger partial charge on any atom is 0.129 e. The van der Waals surface area contributed by atoms with Crippen molar-refractivity contribution in [3.05, 3.63) is 54.1 Å². The minimum atomic E-state index is 0.337. The standard InChI is InChI=1S/C13H12OS/c1-10-5-4-6-11(9-10)15-13-8-3-2-7-12(13)14/h2-9,14H,1H3. The molecule has 15 heavy (non-hydrogen) atoms. The van der Waals surface area contributed by atoms with E-state index in [0.717, 1.165) is 9.79 Å². The van der Waals surface area contributed by atoms with Crippen LogP contribution in [0.4, 0.5) is 0 Å². The molecule has 2 rings (SSSR count). The second-order valence-corrected chi connectivity index (χ2v) is 4.50. The summed E-state index contributed by atoms with van der Waals surface area (Å²) in [6.45, 7) is 2.06. The molecule has 0 fully saturated rings. The number of hydrogen-bond acceptors (Lipinski definition) is 2. The van der Waals surface area contributed by atoms with Gasteiger partial charge >= 0.3 is 0 Å². The predicted molar refractivity (Wildman–Crippen MR) is 63.4 cm³/mol. The van der Waals surface area contributed by atoms with Gasteiger partial charge in [-0.1, -0.05) is 41.6 Å². The first-order chi connectivity index (χ1) is 7.25. The molecule has 0 aromatic heterocycles. The van der Waals surface area contributed by atoms with Gasteiger partial charge in [-0.25, -0.2) is 0 Å². The van der Waals surface area contributed by atoms with Gasteiger partial charge < -0.3 is 5.11 Å². The summed E-state index contributed by atoms with van der Waals surface area (Å²) in [5, 5.41) is 9.62. The fourth-order valence-electron chi connectivity index (χ4n) is 1.35. The molecule has 0 bridgehead atoms. The number of aryl methyl sites for hydroxylation is 1. The molecule has 1 nitrogen and oxygen atoms in total. The van der Waals surface area contributed by atoms with Crippen LogP contribution in [0.3, 0.4) is 0 Å². The Hall–Kier alpha value is -1.41. The Balaban J connectivity index is 2.26. The molecule has 0 aliphatic heterocycles. The van der Waals surface area contributed by atoms with Crippen molar-refractivity contribution in [2.75, 3.05) is 0 Å². The molecule has 0 amide bonds. The van der Waals surface area contributed by atoms with Gasteiger partial charge in [0.15, 0.2) is 0 Å². The van der Waals surface area contributed by atoms with Gasteiger partial charge in [-0.3, -0.25) is 0 Å². The van der Waals surface area contributed by atoms with Crippen molar-refractivity contribution in [2.45, 2.75) is 16.7 Å². The molecule has 2 aromatic rings. The normalized spacial score (nSPS) is 10.2. The second-order valence-electron chi connectivity index (χ2n) is 3.39. The van der Waals surface area contributed by atoms with Gasteiger partial charge in [0.05, 0.1) is 4.90 Å². The maximum atomic E-state index is 9.62. The number of aromatic hydroxyl groups is 1. The largest absolute Gasteiger partial charge is 0.507 e. The van der Waals surface area contributed by atoms with Gasteiger partial charge in [0.25, 0.3) is 0 Å². The van der Waals surface area contributed by atoms with Gasteiger partial charge in [0.2, 0.25) is 0 Å². The van der Waals surface area contributed by atoms with Gasteiger partial charge in [0, 0.05) is 4.90 Å². The molecule has 0 radical (unpaired) electrons. The first kappa shape index (κ1) is 10.1. The lowest BCUT2D eigenvalue weighted by atomic mass is 10.2. The average molecular weight is 216 g/mol. The summed E-state index contributed by atoms with van der Waals surface area (Å²) in [5.41, 5.74) is 1.23. The number of phenolic OH excluding ortho intramolecular Hbond substituents is 1. The van der Waals surface area contributed by atoms with Crippen molar-refractivity contribution in [1.29, 1.82) is 0 Å². The molecule has 0 saturated heterocycles. The topological polar surface area (TPSA) is 20.2 Å². The van der Waals surface area contributed by atoms with Crippen LogP contribution in [-0.2, 0) is 0 Å². The van der Waals surface area contributed by atoms with Gasteiger partial charge in [-0.2, -0.15) is 0 Å². The van der Waals surface area contributed by atoms with Crippen LogP contribution in [0.25, 0.3) is 0 Å². The summed E-state index contributed by atoms with van der Waals surface area (Å²) in [6, 6.07) is 15.6. The van der Waals surface area contributed by atoms with E-state index in [9.17, 15) is 5.11 Å². The van der Waals surface area contributed by atoms with Crippen molar-refractivity contribution in [1.82, 2.24) is 0 Å². The summed E-state index contributed by atoms with van der Waals surface area (Å²) >= 11 is 1.58. The third kappa shape index (κ3) is 2.54. The SMILES string of the molecule is Cc1cccc(Sc2ccccc2O)c1. The molecule has 0 unspecified atom stereocenters. The molecule has 0 aliphatic rings. The summed E-state index contributed by atoms with van der Waals surface area (Å²) < 4.78 is 0. The van der Waals surface area contributed by atoms with E-state index >= 15 is 0 Å². The lowest BCUT2D eigenvalue weighted by Gasteiger charge is -2.04. The van der Waals surface area contributed by atoms with E-state index in [1.165, 1.54) is 5.56 Å². The Morgan fingerprint density at radius 1 is 1.00 bits per heavy atom. The molecule has 2 heteroatoms. The van der Waals surface area contributed by atoms with E-state index < -0.39 is 0 Å². The molecule has 1 N–H and O–H groups in total. The highest BCUT2D eigenvalue weighted by Gasteiger charge is 2.01. The van der Waals surface area contributed by atoms with Crippen LogP contribution >= 0.6 is 11.8 Å². The van der Waals surface area contributed by atoms with Gasteiger partial charge in [-0.05, 0) is 31.2 Å². The van der Waals surface area contributed by atoms with Crippen LogP contribution in [0.15, 0.2) is 58.3 Å². The number of rotatable bonds is 2. The molecule has 0 saturated carbocycles. The molecular formula is C13H12OS. The fraction of sp³-hybridized carbons (Fsp3) is 0.0769. The minimum Gasteiger partial charge on any atom is -0.507 e. The van der Waals surface area contributed by atoms with Gasteiger partial charge in [-0.15, -0.1) is 0 Å². The molecule has 0 atom stereocenters. The van der Waals surface area contributed by atoms with Crippen molar-refractivity contribution in [3.8, 4) is 5.75 Å². The van der Waals surface area contributed by atoms with Crippen LogP contribution < -0.4 is 0 Å². The van der Waals surface area contributed by atoms with E-state index in [1.807, 2.05) is 30.3 Å². The minimum absolute atomic E-state index is 0.337. The third-order valence-electron chi connectivity index (χ3n) is 2.08. The third-order valence-corrected chi connectivity index (χ3v) is 3.14. The molecule has 76 valence electrons. The Morgan fingerprint density at radius 3 is 2.53 bits per heavy atom. The van der Waals surface area contributed by atoms with Crippen LogP contribution in [-0.4, -0.2) is 5.11 Å². The Kier molecular flexibility index (Phi) is 2.97. The van der Waals surface area contributed by atoms with E-state index in [0.29, 0.717) is 5.75 Å². The van der Waals surface area contributed by atoms with Crippen LogP contribution in [0.5, 0.6) is 5.75 Å². The van der Waals surface area contributed by atoms with E-state index in [1.54, 1.807) is 17.8 Å². The molecule has 0 heterocycles. The highest BCUT2D eigenvalue weighted by atomic mass is 32.2. The predicted octanol–water partition coefficient (Wildman–Crippen LogP) is 3.85. The highest BCUT2D eigenvalue weighted by molar-refractivity contribution is 7.99. The lowest BCUT2D eigenvalue weighted by molar-refractivity contribution is 0.462. The molecule has 0 aliphatic carbocycles. The van der Waals surface area contributed by atoms with Gasteiger partial charge in [0.1, 0.15) is 5.75 Å². The number of phenols is 1. The van der Waals surface area contributed by atoms with E-state index in [-0.39, 0.29) is 0 Å². The number of para-hydroxylation sites is 1. The Bertz CT molecular complexity index is 466. The van der Waals surface area contributed by atoms with E-state index in [2.05, 4.69) is 19.1 Å². The first-order valence-electron chi connectivity index (χ1n) is 4.78. The zero-order valence-electron chi connectivity index (χ0n) is 8.47. The quantitative estimate of drug-likeness (QED) is 0.822. The summed E-state index contributed by atoms with van der Waals surface area (Å²) in [5.74, 6) is 0.337. The zero-order valence-corrected chi connectivity index (χ0v) is 9.29. The molecule has 0 spiro atoms. The summed E-state index contributed by atoms with van der Waals surface area (Å²) in [7, 11) is 0. The molecule has 2 aromatic carbocycles. The van der Waals surface area contributed by atoms with Crippen LogP contribution in [0.1, 0.15) is 5.56 Å². The Labute approximate surface area is 93.8 Å². The molecular weight excluding hydrogens is 204 g/mol. The van der Waals surface area contributed by atoms with Crippen LogP contribution in [0, 0.1) is 6.92 Å². The first-order valence-corrected chi connectivity index (χ1v) is 5.60. The second kappa shape index (κ2) is 4.41. The van der Waals surface area contributed by atoms with Crippen molar-refractivity contribution in [3.63, 3.8) is 0 Å². The van der Waals surface area contributed by atoms with E-state index in [4.69, 9.17) is 0 Å². The van der Waals surface area contributed by atoms with Crippen molar-refractivity contribution in [2.24, 2.45) is 0 Å². The maximum absolute atomic E-state index is 9.62. The zero-order chi connectivity index (χ0) is 10.7. The Morgan fingerprint density at radius 2 is 1.80 bits per heavy atom. The smallest absolute Gasteiger partial charge is 0.129 e. The fourth-order valence-corrected chi connectivity index (χ4v) is 2.31. The van der Waals surface area contributed by atoms with Crippen LogP contribution in [0.2, 0.25) is 0 Å². The average Bonchev–Trinajstić information content (AvgIpc) is 2.22. The number of benzene rings is 2. The lowest BCUT2D eigenvalue weighted by Crippen LogP contribution is -1.76. The van der Waals surface area contributed by atoms with Crippen molar-refractivity contribution >= 4 is 11.8 Å². The number of hydrogen-bond donors (Lipinski definition) is 1. The van der Waals surface area contributed by atoms with Crippen molar-refractivity contribution < 1.29 is 5.11 Å². The summed E-state index contributed by atoms with van der Waals surface area (Å²) in [4.78, 5) is 2.04. The monoisotopic (exact) mass is 216 g/mol.